The molecule has 0 aromatic heterocycles. The van der Waals surface area contributed by atoms with Crippen LogP contribution in [0.3, 0.4) is 0 Å². The van der Waals surface area contributed by atoms with Crippen LogP contribution in [0.5, 0.6) is 0 Å². The molecule has 5 heteroatoms. The highest BCUT2D eigenvalue weighted by Crippen LogP contribution is 2.36. The van der Waals surface area contributed by atoms with Crippen molar-refractivity contribution in [2.45, 2.75) is 38.9 Å². The number of benzene rings is 1. The molecule has 1 heterocycles. The van der Waals surface area contributed by atoms with Gasteiger partial charge in [0.25, 0.3) is 5.91 Å². The highest BCUT2D eigenvalue weighted by Gasteiger charge is 2.52. The summed E-state index contributed by atoms with van der Waals surface area (Å²) in [6.45, 7) is 7.98. The van der Waals surface area contributed by atoms with Crippen LogP contribution in [-0.2, 0) is 9.31 Å². The smallest absolute Gasteiger partial charge is 0.399 e. The number of hydrogen-bond acceptors (Lipinski definition) is 3. The van der Waals surface area contributed by atoms with Gasteiger partial charge in [0, 0.05) is 12.6 Å². The minimum atomic E-state index is -0.515. The number of rotatable bonds is 2. The van der Waals surface area contributed by atoms with E-state index in [1.807, 2.05) is 45.9 Å². The van der Waals surface area contributed by atoms with Crippen LogP contribution in [0.4, 0.5) is 0 Å². The molecule has 1 N–H and O–H groups in total. The lowest BCUT2D eigenvalue weighted by Crippen LogP contribution is -2.41. The number of hydrogen-bond donors (Lipinski definition) is 1. The average molecular weight is 261 g/mol. The Morgan fingerprint density at radius 3 is 2.16 bits per heavy atom. The molecular formula is C14H20BNO3. The second kappa shape index (κ2) is 4.65. The molecule has 0 bridgehead atoms. The Morgan fingerprint density at radius 1 is 1.11 bits per heavy atom. The van der Waals surface area contributed by atoms with Gasteiger partial charge in [-0.3, -0.25) is 4.79 Å². The average Bonchev–Trinajstić information content (AvgIpc) is 2.57. The first kappa shape index (κ1) is 14.1. The molecule has 19 heavy (non-hydrogen) atoms. The van der Waals surface area contributed by atoms with E-state index in [2.05, 4.69) is 5.32 Å². The second-order valence-corrected chi connectivity index (χ2v) is 5.75. The van der Waals surface area contributed by atoms with E-state index in [0.29, 0.717) is 5.56 Å². The normalized spacial score (nSPS) is 20.4. The van der Waals surface area contributed by atoms with Gasteiger partial charge in [0.1, 0.15) is 0 Å². The maximum absolute atomic E-state index is 11.9. The third-order valence-electron chi connectivity index (χ3n) is 3.94. The van der Waals surface area contributed by atoms with Crippen LogP contribution in [0, 0.1) is 0 Å². The van der Waals surface area contributed by atoms with Crippen molar-refractivity contribution < 1.29 is 14.1 Å². The fourth-order valence-electron chi connectivity index (χ4n) is 2.01. The van der Waals surface area contributed by atoms with Gasteiger partial charge < -0.3 is 14.6 Å². The zero-order valence-electron chi connectivity index (χ0n) is 12.1. The second-order valence-electron chi connectivity index (χ2n) is 5.75. The summed E-state index contributed by atoms with van der Waals surface area (Å²) in [6, 6.07) is 7.36. The van der Waals surface area contributed by atoms with E-state index in [-0.39, 0.29) is 5.91 Å². The van der Waals surface area contributed by atoms with Crippen LogP contribution in [0.25, 0.3) is 0 Å². The highest BCUT2D eigenvalue weighted by atomic mass is 16.7. The molecule has 1 aliphatic heterocycles. The number of carbonyl (C=O) groups is 1. The summed E-state index contributed by atoms with van der Waals surface area (Å²) in [5, 5.41) is 2.64. The lowest BCUT2D eigenvalue weighted by molar-refractivity contribution is 0.00578. The summed E-state index contributed by atoms with van der Waals surface area (Å²) in [7, 11) is 1.10. The van der Waals surface area contributed by atoms with Gasteiger partial charge in [-0.15, -0.1) is 0 Å². The minimum absolute atomic E-state index is 0.134. The molecule has 1 fully saturated rings. The Bertz CT molecular complexity index is 483. The topological polar surface area (TPSA) is 47.6 Å². The SMILES string of the molecule is CNC(=O)c1ccccc1B1OC(C)(C)C(C)(C)O1. The van der Waals surface area contributed by atoms with Gasteiger partial charge in [-0.2, -0.15) is 0 Å². The monoisotopic (exact) mass is 261 g/mol. The predicted octanol–water partition coefficient (Wildman–Crippen LogP) is 1.35. The minimum Gasteiger partial charge on any atom is -0.399 e. The Labute approximate surface area is 114 Å². The molecule has 1 aromatic rings. The molecule has 4 nitrogen and oxygen atoms in total. The van der Waals surface area contributed by atoms with Crippen molar-refractivity contribution in [2.75, 3.05) is 7.05 Å². The number of amides is 1. The van der Waals surface area contributed by atoms with Gasteiger partial charge in [0.05, 0.1) is 11.2 Å². The number of nitrogens with one attached hydrogen (secondary N) is 1. The molecule has 1 aliphatic rings. The van der Waals surface area contributed by atoms with E-state index < -0.39 is 18.3 Å². The van der Waals surface area contributed by atoms with Crippen molar-refractivity contribution >= 4 is 18.5 Å². The fourth-order valence-corrected chi connectivity index (χ4v) is 2.01. The molecule has 0 spiro atoms. The number of carbonyl (C=O) groups excluding carboxylic acids is 1. The van der Waals surface area contributed by atoms with Gasteiger partial charge in [0.15, 0.2) is 0 Å². The van der Waals surface area contributed by atoms with E-state index in [0.717, 1.165) is 5.46 Å². The Morgan fingerprint density at radius 2 is 1.63 bits per heavy atom. The van der Waals surface area contributed by atoms with Crippen molar-refractivity contribution in [3.8, 4) is 0 Å². The molecule has 0 unspecified atom stereocenters. The third-order valence-corrected chi connectivity index (χ3v) is 3.94. The van der Waals surface area contributed by atoms with Crippen LogP contribution in [-0.4, -0.2) is 31.3 Å². The lowest BCUT2D eigenvalue weighted by atomic mass is 9.76. The Kier molecular flexibility index (Phi) is 3.45. The highest BCUT2D eigenvalue weighted by molar-refractivity contribution is 6.63. The van der Waals surface area contributed by atoms with Crippen LogP contribution in [0.2, 0.25) is 0 Å². The molecule has 1 amide bonds. The van der Waals surface area contributed by atoms with E-state index in [1.165, 1.54) is 0 Å². The predicted molar refractivity (Wildman–Crippen MR) is 75.5 cm³/mol. The summed E-state index contributed by atoms with van der Waals surface area (Å²) in [4.78, 5) is 11.9. The molecule has 0 radical (unpaired) electrons. The summed E-state index contributed by atoms with van der Waals surface area (Å²) in [5.74, 6) is -0.134. The lowest BCUT2D eigenvalue weighted by Gasteiger charge is -2.32. The molecule has 0 saturated carbocycles. The van der Waals surface area contributed by atoms with Gasteiger partial charge in [-0.1, -0.05) is 18.2 Å². The standard InChI is InChI=1S/C14H20BNO3/c1-13(2)14(3,4)19-15(18-13)11-9-7-6-8-10(11)12(17)16-5/h6-9H,1-5H3,(H,16,17). The van der Waals surface area contributed by atoms with Crippen LogP contribution < -0.4 is 10.8 Å². The zero-order valence-corrected chi connectivity index (χ0v) is 12.1. The third kappa shape index (κ3) is 2.40. The fraction of sp³-hybridized carbons (Fsp3) is 0.500. The van der Waals surface area contributed by atoms with Gasteiger partial charge >= 0.3 is 7.12 Å². The molecule has 1 saturated heterocycles. The first-order valence-electron chi connectivity index (χ1n) is 6.45. The van der Waals surface area contributed by atoms with Gasteiger partial charge in [-0.05, 0) is 39.2 Å². The van der Waals surface area contributed by atoms with E-state index in [4.69, 9.17) is 9.31 Å². The quantitative estimate of drug-likeness (QED) is 0.817. The maximum atomic E-state index is 11.9. The molecule has 0 atom stereocenters. The van der Waals surface area contributed by atoms with Gasteiger partial charge in [-0.25, -0.2) is 0 Å². The molecule has 1 aromatic carbocycles. The van der Waals surface area contributed by atoms with Crippen LogP contribution in [0.15, 0.2) is 24.3 Å². The van der Waals surface area contributed by atoms with E-state index in [1.54, 1.807) is 13.1 Å². The van der Waals surface area contributed by atoms with E-state index >= 15 is 0 Å². The summed E-state index contributed by atoms with van der Waals surface area (Å²) in [6.07, 6.45) is 0. The van der Waals surface area contributed by atoms with Crippen molar-refractivity contribution in [1.82, 2.24) is 5.32 Å². The Hall–Kier alpha value is -1.33. The van der Waals surface area contributed by atoms with Crippen molar-refractivity contribution in [1.29, 1.82) is 0 Å². The van der Waals surface area contributed by atoms with Crippen molar-refractivity contribution in [2.24, 2.45) is 0 Å². The molecule has 0 aliphatic carbocycles. The van der Waals surface area contributed by atoms with Crippen LogP contribution >= 0.6 is 0 Å². The largest absolute Gasteiger partial charge is 0.495 e. The summed E-state index contributed by atoms with van der Waals surface area (Å²) < 4.78 is 12.0. The van der Waals surface area contributed by atoms with Crippen molar-refractivity contribution in [3.05, 3.63) is 29.8 Å². The summed E-state index contributed by atoms with van der Waals surface area (Å²) in [5.41, 5.74) is 0.532. The van der Waals surface area contributed by atoms with Gasteiger partial charge in [0.2, 0.25) is 0 Å². The van der Waals surface area contributed by atoms with E-state index in [9.17, 15) is 4.79 Å². The first-order chi connectivity index (χ1) is 8.78. The van der Waals surface area contributed by atoms with Crippen molar-refractivity contribution in [3.63, 3.8) is 0 Å². The Balaban J connectivity index is 2.37. The molecule has 102 valence electrons. The molecular weight excluding hydrogens is 241 g/mol. The molecule has 2 rings (SSSR count). The first-order valence-corrected chi connectivity index (χ1v) is 6.45. The summed E-state index contributed by atoms with van der Waals surface area (Å²) >= 11 is 0. The van der Waals surface area contributed by atoms with Crippen LogP contribution in [0.1, 0.15) is 38.1 Å². The zero-order chi connectivity index (χ0) is 14.3. The maximum Gasteiger partial charge on any atom is 0.495 e.